The third-order valence-electron chi connectivity index (χ3n) is 2.26. The summed E-state index contributed by atoms with van der Waals surface area (Å²) < 4.78 is 0. The third-order valence-corrected chi connectivity index (χ3v) is 2.26. The monoisotopic (exact) mass is 174 g/mol. The molecular formula is C10H10N2O. The molecule has 2 rings (SSSR count). The number of amidine groups is 1. The van der Waals surface area contributed by atoms with Gasteiger partial charge >= 0.3 is 0 Å². The van der Waals surface area contributed by atoms with Crippen LogP contribution in [0.2, 0.25) is 0 Å². The molecule has 2 N–H and O–H groups in total. The summed E-state index contributed by atoms with van der Waals surface area (Å²) in [6.45, 7) is 1.98. The Morgan fingerprint density at radius 2 is 2.23 bits per heavy atom. The summed E-state index contributed by atoms with van der Waals surface area (Å²) in [6, 6.07) is 5.80. The Kier molecular flexibility index (Phi) is 1.65. The summed E-state index contributed by atoms with van der Waals surface area (Å²) >= 11 is 0. The SMILES string of the molecule is Cc1cccc2c1CC(=O)N=C2N. The standard InChI is InChI=1S/C10H10N2O/c1-6-3-2-4-7-8(6)5-9(13)12-10(7)11/h2-4H,5H2,1H3,(H2,11,12,13). The lowest BCUT2D eigenvalue weighted by atomic mass is 9.96. The van der Waals surface area contributed by atoms with Crippen LogP contribution in [0.4, 0.5) is 0 Å². The van der Waals surface area contributed by atoms with E-state index in [-0.39, 0.29) is 5.91 Å². The average Bonchev–Trinajstić information content (AvgIpc) is 2.07. The number of hydrogen-bond acceptors (Lipinski definition) is 2. The van der Waals surface area contributed by atoms with Gasteiger partial charge in [0, 0.05) is 5.56 Å². The van der Waals surface area contributed by atoms with E-state index >= 15 is 0 Å². The molecule has 0 radical (unpaired) electrons. The van der Waals surface area contributed by atoms with Gasteiger partial charge in [0.15, 0.2) is 0 Å². The summed E-state index contributed by atoms with van der Waals surface area (Å²) in [6.07, 6.45) is 0.378. The van der Waals surface area contributed by atoms with Crippen molar-refractivity contribution in [2.24, 2.45) is 10.7 Å². The highest BCUT2D eigenvalue weighted by Crippen LogP contribution is 2.18. The highest BCUT2D eigenvalue weighted by molar-refractivity contribution is 6.09. The fourth-order valence-electron chi connectivity index (χ4n) is 1.56. The zero-order valence-electron chi connectivity index (χ0n) is 7.37. The Labute approximate surface area is 76.3 Å². The van der Waals surface area contributed by atoms with Crippen LogP contribution < -0.4 is 5.73 Å². The molecule has 0 saturated heterocycles. The molecule has 1 aromatic carbocycles. The van der Waals surface area contributed by atoms with E-state index in [0.29, 0.717) is 12.3 Å². The summed E-state index contributed by atoms with van der Waals surface area (Å²) in [5.41, 5.74) is 8.65. The first-order chi connectivity index (χ1) is 6.18. The Balaban J connectivity index is 2.66. The Bertz CT molecular complexity index is 407. The number of aliphatic imine (C=N–C) groups is 1. The van der Waals surface area contributed by atoms with E-state index in [4.69, 9.17) is 5.73 Å². The van der Waals surface area contributed by atoms with Crippen molar-refractivity contribution in [3.63, 3.8) is 0 Å². The lowest BCUT2D eigenvalue weighted by molar-refractivity contribution is -0.117. The lowest BCUT2D eigenvalue weighted by Gasteiger charge is -2.14. The van der Waals surface area contributed by atoms with Crippen molar-refractivity contribution in [1.82, 2.24) is 0 Å². The molecule has 0 atom stereocenters. The number of carbonyl (C=O) groups excluding carboxylic acids is 1. The molecule has 3 nitrogen and oxygen atoms in total. The Hall–Kier alpha value is -1.64. The van der Waals surface area contributed by atoms with Crippen LogP contribution in [0, 0.1) is 6.92 Å². The Morgan fingerprint density at radius 3 is 3.00 bits per heavy atom. The minimum absolute atomic E-state index is 0.153. The first-order valence-corrected chi connectivity index (χ1v) is 4.14. The van der Waals surface area contributed by atoms with Gasteiger partial charge in [0.25, 0.3) is 5.91 Å². The number of fused-ring (bicyclic) bond motifs is 1. The number of rotatable bonds is 0. The van der Waals surface area contributed by atoms with Crippen LogP contribution in [-0.2, 0) is 11.2 Å². The van der Waals surface area contributed by atoms with Crippen LogP contribution in [0.5, 0.6) is 0 Å². The van der Waals surface area contributed by atoms with Crippen LogP contribution in [0.1, 0.15) is 16.7 Å². The lowest BCUT2D eigenvalue weighted by Crippen LogP contribution is -2.24. The van der Waals surface area contributed by atoms with Crippen molar-refractivity contribution < 1.29 is 4.79 Å². The number of nitrogens with zero attached hydrogens (tertiary/aromatic N) is 1. The van der Waals surface area contributed by atoms with E-state index in [0.717, 1.165) is 16.7 Å². The van der Waals surface area contributed by atoms with Crippen molar-refractivity contribution in [1.29, 1.82) is 0 Å². The second-order valence-corrected chi connectivity index (χ2v) is 3.17. The minimum atomic E-state index is -0.153. The maximum absolute atomic E-state index is 11.1. The van der Waals surface area contributed by atoms with Gasteiger partial charge in [-0.25, -0.2) is 0 Å². The van der Waals surface area contributed by atoms with Crippen molar-refractivity contribution in [2.45, 2.75) is 13.3 Å². The van der Waals surface area contributed by atoms with Gasteiger partial charge in [-0.2, -0.15) is 4.99 Å². The van der Waals surface area contributed by atoms with Gasteiger partial charge in [0.2, 0.25) is 0 Å². The molecule has 0 fully saturated rings. The highest BCUT2D eigenvalue weighted by Gasteiger charge is 2.17. The van der Waals surface area contributed by atoms with Crippen LogP contribution in [0.3, 0.4) is 0 Å². The summed E-state index contributed by atoms with van der Waals surface area (Å²) in [5, 5.41) is 0. The van der Waals surface area contributed by atoms with Gasteiger partial charge in [-0.1, -0.05) is 18.2 Å². The van der Waals surface area contributed by atoms with Crippen LogP contribution in [0.25, 0.3) is 0 Å². The zero-order valence-corrected chi connectivity index (χ0v) is 7.37. The minimum Gasteiger partial charge on any atom is -0.383 e. The van der Waals surface area contributed by atoms with Crippen LogP contribution in [0.15, 0.2) is 23.2 Å². The molecule has 0 aliphatic carbocycles. The molecule has 1 aliphatic rings. The number of nitrogens with two attached hydrogens (primary N) is 1. The maximum Gasteiger partial charge on any atom is 0.252 e. The molecule has 1 heterocycles. The van der Waals surface area contributed by atoms with Gasteiger partial charge in [0.05, 0.1) is 6.42 Å². The molecule has 0 saturated carbocycles. The smallest absolute Gasteiger partial charge is 0.252 e. The number of carbonyl (C=O) groups is 1. The molecule has 0 aromatic heterocycles. The number of aryl methyl sites for hydroxylation is 1. The quantitative estimate of drug-likeness (QED) is 0.632. The van der Waals surface area contributed by atoms with Crippen molar-refractivity contribution in [3.8, 4) is 0 Å². The third kappa shape index (κ3) is 1.22. The van der Waals surface area contributed by atoms with E-state index in [1.54, 1.807) is 0 Å². The fraction of sp³-hybridized carbons (Fsp3) is 0.200. The Morgan fingerprint density at radius 1 is 1.46 bits per heavy atom. The molecule has 0 unspecified atom stereocenters. The van der Waals surface area contributed by atoms with E-state index in [9.17, 15) is 4.79 Å². The second kappa shape index (κ2) is 2.69. The van der Waals surface area contributed by atoms with Gasteiger partial charge in [0.1, 0.15) is 5.84 Å². The first kappa shape index (κ1) is 7.98. The van der Waals surface area contributed by atoms with Gasteiger partial charge in [-0.05, 0) is 18.1 Å². The second-order valence-electron chi connectivity index (χ2n) is 3.17. The predicted molar refractivity (Wildman–Crippen MR) is 50.6 cm³/mol. The van der Waals surface area contributed by atoms with Gasteiger partial charge in [-0.3, -0.25) is 4.79 Å². The maximum atomic E-state index is 11.1. The largest absolute Gasteiger partial charge is 0.383 e. The van der Waals surface area contributed by atoms with Crippen molar-refractivity contribution in [2.75, 3.05) is 0 Å². The topological polar surface area (TPSA) is 55.5 Å². The normalized spacial score (nSPS) is 15.2. The van der Waals surface area contributed by atoms with Gasteiger partial charge < -0.3 is 5.73 Å². The number of benzene rings is 1. The molecule has 0 spiro atoms. The molecular weight excluding hydrogens is 164 g/mol. The molecule has 1 aliphatic heterocycles. The summed E-state index contributed by atoms with van der Waals surface area (Å²) in [7, 11) is 0. The average molecular weight is 174 g/mol. The molecule has 1 amide bonds. The number of hydrogen-bond donors (Lipinski definition) is 1. The molecule has 1 aromatic rings. The van der Waals surface area contributed by atoms with Crippen LogP contribution >= 0.6 is 0 Å². The van der Waals surface area contributed by atoms with E-state index < -0.39 is 0 Å². The number of amides is 1. The van der Waals surface area contributed by atoms with Crippen molar-refractivity contribution in [3.05, 3.63) is 34.9 Å². The fourth-order valence-corrected chi connectivity index (χ4v) is 1.56. The zero-order chi connectivity index (χ0) is 9.42. The molecule has 0 bridgehead atoms. The summed E-state index contributed by atoms with van der Waals surface area (Å²) in [5.74, 6) is 0.189. The molecule has 66 valence electrons. The summed E-state index contributed by atoms with van der Waals surface area (Å²) in [4.78, 5) is 14.8. The van der Waals surface area contributed by atoms with E-state index in [1.165, 1.54) is 0 Å². The van der Waals surface area contributed by atoms with Gasteiger partial charge in [-0.15, -0.1) is 0 Å². The predicted octanol–water partition coefficient (Wildman–Crippen LogP) is 0.783. The van der Waals surface area contributed by atoms with Crippen LogP contribution in [-0.4, -0.2) is 11.7 Å². The molecule has 3 heteroatoms. The first-order valence-electron chi connectivity index (χ1n) is 4.14. The van der Waals surface area contributed by atoms with E-state index in [2.05, 4.69) is 4.99 Å². The molecule has 13 heavy (non-hydrogen) atoms. The van der Waals surface area contributed by atoms with Crippen molar-refractivity contribution >= 4 is 11.7 Å². The van der Waals surface area contributed by atoms with E-state index in [1.807, 2.05) is 25.1 Å². The highest BCUT2D eigenvalue weighted by atomic mass is 16.1.